The molecular weight excluding hydrogens is 248 g/mol. The van der Waals surface area contributed by atoms with E-state index in [1.54, 1.807) is 14.1 Å². The summed E-state index contributed by atoms with van der Waals surface area (Å²) >= 11 is 0. The Hall–Kier alpha value is -1.59. The van der Waals surface area contributed by atoms with Crippen molar-refractivity contribution in [2.75, 3.05) is 14.1 Å². The molecule has 0 aliphatic heterocycles. The van der Waals surface area contributed by atoms with Gasteiger partial charge in [-0.25, -0.2) is 4.79 Å². The number of amides is 2. The van der Waals surface area contributed by atoms with Gasteiger partial charge in [0.1, 0.15) is 6.04 Å². The lowest BCUT2D eigenvalue weighted by molar-refractivity contribution is -0.142. The molecule has 1 saturated carbocycles. The van der Waals surface area contributed by atoms with Gasteiger partial charge in [0.25, 0.3) is 0 Å². The van der Waals surface area contributed by atoms with Crippen LogP contribution >= 0.6 is 0 Å². The van der Waals surface area contributed by atoms with Gasteiger partial charge in [-0.3, -0.25) is 9.59 Å². The fourth-order valence-corrected chi connectivity index (χ4v) is 1.80. The molecule has 19 heavy (non-hydrogen) atoms. The first-order chi connectivity index (χ1) is 8.90. The van der Waals surface area contributed by atoms with E-state index >= 15 is 0 Å². The Kier molecular flexibility index (Phi) is 5.79. The SMILES string of the molecule is CN(C)C(=O)CCCC(=O)NC(CC1CC1)C(=O)O. The molecule has 0 spiro atoms. The van der Waals surface area contributed by atoms with Gasteiger partial charge < -0.3 is 15.3 Å². The molecule has 2 N–H and O–H groups in total. The highest BCUT2D eigenvalue weighted by atomic mass is 16.4. The van der Waals surface area contributed by atoms with Crippen LogP contribution < -0.4 is 5.32 Å². The highest BCUT2D eigenvalue weighted by molar-refractivity contribution is 5.84. The molecule has 1 aliphatic rings. The van der Waals surface area contributed by atoms with Crippen LogP contribution in [0.1, 0.15) is 38.5 Å². The zero-order chi connectivity index (χ0) is 14.4. The van der Waals surface area contributed by atoms with E-state index in [1.807, 2.05) is 0 Å². The number of aliphatic carboxylic acids is 1. The van der Waals surface area contributed by atoms with Gasteiger partial charge in [-0.05, 0) is 18.8 Å². The van der Waals surface area contributed by atoms with Crippen molar-refractivity contribution < 1.29 is 19.5 Å². The molecule has 1 aliphatic carbocycles. The molecule has 0 heterocycles. The lowest BCUT2D eigenvalue weighted by Gasteiger charge is -2.14. The molecular formula is C13H22N2O4. The number of hydrogen-bond acceptors (Lipinski definition) is 3. The van der Waals surface area contributed by atoms with Crippen LogP contribution in [0.4, 0.5) is 0 Å². The number of carbonyl (C=O) groups excluding carboxylic acids is 2. The molecule has 2 amide bonds. The fraction of sp³-hybridized carbons (Fsp3) is 0.769. The molecule has 0 bridgehead atoms. The molecule has 0 radical (unpaired) electrons. The Morgan fingerprint density at radius 3 is 2.37 bits per heavy atom. The lowest BCUT2D eigenvalue weighted by Crippen LogP contribution is -2.41. The van der Waals surface area contributed by atoms with Crippen LogP contribution in [0.2, 0.25) is 0 Å². The van der Waals surface area contributed by atoms with Crippen LogP contribution in [0, 0.1) is 5.92 Å². The normalized spacial score (nSPS) is 15.7. The van der Waals surface area contributed by atoms with Gasteiger partial charge in [0.15, 0.2) is 0 Å². The van der Waals surface area contributed by atoms with Crippen molar-refractivity contribution in [2.24, 2.45) is 5.92 Å². The highest BCUT2D eigenvalue weighted by Gasteiger charge is 2.30. The van der Waals surface area contributed by atoms with Gasteiger partial charge in [0.2, 0.25) is 11.8 Å². The first kappa shape index (κ1) is 15.5. The summed E-state index contributed by atoms with van der Waals surface area (Å²) in [6, 6.07) is -0.787. The second-order valence-electron chi connectivity index (χ2n) is 5.28. The van der Waals surface area contributed by atoms with Crippen molar-refractivity contribution in [2.45, 2.75) is 44.6 Å². The summed E-state index contributed by atoms with van der Waals surface area (Å²) in [5.74, 6) is -0.860. The standard InChI is InChI=1S/C13H22N2O4/c1-15(2)12(17)5-3-4-11(16)14-10(13(18)19)8-9-6-7-9/h9-10H,3-8H2,1-2H3,(H,14,16)(H,18,19). The summed E-state index contributed by atoms with van der Waals surface area (Å²) in [5.41, 5.74) is 0. The minimum atomic E-state index is -0.982. The van der Waals surface area contributed by atoms with E-state index in [9.17, 15) is 14.4 Å². The smallest absolute Gasteiger partial charge is 0.326 e. The number of carboxylic acids is 1. The van der Waals surface area contributed by atoms with Crippen LogP contribution in [0.15, 0.2) is 0 Å². The van der Waals surface area contributed by atoms with Crippen LogP contribution in [-0.4, -0.2) is 47.9 Å². The maximum atomic E-state index is 11.6. The van der Waals surface area contributed by atoms with E-state index in [-0.39, 0.29) is 18.2 Å². The van der Waals surface area contributed by atoms with Gasteiger partial charge in [-0.2, -0.15) is 0 Å². The average molecular weight is 270 g/mol. The quantitative estimate of drug-likeness (QED) is 0.676. The number of carboxylic acid groups (broad SMARTS) is 1. The molecule has 1 atom stereocenters. The summed E-state index contributed by atoms with van der Waals surface area (Å²) in [6.45, 7) is 0. The zero-order valence-electron chi connectivity index (χ0n) is 11.5. The number of carbonyl (C=O) groups is 3. The monoisotopic (exact) mass is 270 g/mol. The van der Waals surface area contributed by atoms with Crippen molar-refractivity contribution in [3.63, 3.8) is 0 Å². The Morgan fingerprint density at radius 1 is 1.26 bits per heavy atom. The van der Waals surface area contributed by atoms with Gasteiger partial charge in [-0.15, -0.1) is 0 Å². The topological polar surface area (TPSA) is 86.7 Å². The first-order valence-corrected chi connectivity index (χ1v) is 6.62. The third kappa shape index (κ3) is 6.22. The van der Waals surface area contributed by atoms with E-state index in [2.05, 4.69) is 5.32 Å². The summed E-state index contributed by atoms with van der Waals surface area (Å²) in [7, 11) is 3.33. The Labute approximate surface area is 113 Å². The van der Waals surface area contributed by atoms with Crippen molar-refractivity contribution in [1.82, 2.24) is 10.2 Å². The maximum absolute atomic E-state index is 11.6. The zero-order valence-corrected chi connectivity index (χ0v) is 11.5. The van der Waals surface area contributed by atoms with Crippen molar-refractivity contribution in [3.8, 4) is 0 Å². The van der Waals surface area contributed by atoms with Gasteiger partial charge in [0.05, 0.1) is 0 Å². The first-order valence-electron chi connectivity index (χ1n) is 6.62. The van der Waals surface area contributed by atoms with Crippen molar-refractivity contribution in [1.29, 1.82) is 0 Å². The Morgan fingerprint density at radius 2 is 1.89 bits per heavy atom. The predicted octanol–water partition coefficient (Wildman–Crippen LogP) is 0.614. The van der Waals surface area contributed by atoms with Crippen LogP contribution in [0.5, 0.6) is 0 Å². The van der Waals surface area contributed by atoms with Gasteiger partial charge in [0, 0.05) is 26.9 Å². The summed E-state index contributed by atoms with van der Waals surface area (Å²) in [5, 5.41) is 11.5. The number of nitrogens with zero attached hydrogens (tertiary/aromatic N) is 1. The van der Waals surface area contributed by atoms with Gasteiger partial charge >= 0.3 is 5.97 Å². The highest BCUT2D eigenvalue weighted by Crippen LogP contribution is 2.33. The molecule has 0 aromatic rings. The molecule has 1 fully saturated rings. The van der Waals surface area contributed by atoms with E-state index in [0.717, 1.165) is 12.8 Å². The predicted molar refractivity (Wildman–Crippen MR) is 69.5 cm³/mol. The molecule has 1 unspecified atom stereocenters. The molecule has 6 nitrogen and oxygen atoms in total. The van der Waals surface area contributed by atoms with E-state index in [1.165, 1.54) is 4.90 Å². The average Bonchev–Trinajstić information content (AvgIpc) is 3.11. The van der Waals surface area contributed by atoms with Crippen LogP contribution in [-0.2, 0) is 14.4 Å². The Balaban J connectivity index is 2.24. The van der Waals surface area contributed by atoms with E-state index in [0.29, 0.717) is 25.2 Å². The summed E-state index contributed by atoms with van der Waals surface area (Å²) in [6.07, 6.45) is 3.55. The Bertz CT molecular complexity index is 351. The molecule has 1 rings (SSSR count). The third-order valence-electron chi connectivity index (χ3n) is 3.19. The minimum absolute atomic E-state index is 0.0273. The third-order valence-corrected chi connectivity index (χ3v) is 3.19. The van der Waals surface area contributed by atoms with Crippen molar-refractivity contribution >= 4 is 17.8 Å². The fourth-order valence-electron chi connectivity index (χ4n) is 1.80. The van der Waals surface area contributed by atoms with Crippen LogP contribution in [0.25, 0.3) is 0 Å². The van der Waals surface area contributed by atoms with Gasteiger partial charge in [-0.1, -0.05) is 12.8 Å². The largest absolute Gasteiger partial charge is 0.480 e. The summed E-state index contributed by atoms with van der Waals surface area (Å²) < 4.78 is 0. The molecule has 0 aromatic carbocycles. The second kappa shape index (κ2) is 7.11. The summed E-state index contributed by atoms with van der Waals surface area (Å²) in [4.78, 5) is 35.4. The minimum Gasteiger partial charge on any atom is -0.480 e. The number of rotatable bonds is 8. The molecule has 108 valence electrons. The number of hydrogen-bond donors (Lipinski definition) is 2. The van der Waals surface area contributed by atoms with Crippen LogP contribution in [0.3, 0.4) is 0 Å². The lowest BCUT2D eigenvalue weighted by atomic mass is 10.1. The molecule has 0 saturated heterocycles. The maximum Gasteiger partial charge on any atom is 0.326 e. The van der Waals surface area contributed by atoms with Crippen molar-refractivity contribution in [3.05, 3.63) is 0 Å². The van der Waals surface area contributed by atoms with E-state index in [4.69, 9.17) is 5.11 Å². The molecule has 6 heteroatoms. The van der Waals surface area contributed by atoms with E-state index < -0.39 is 12.0 Å². The molecule has 0 aromatic heterocycles. The second-order valence-corrected chi connectivity index (χ2v) is 5.28. The number of nitrogens with one attached hydrogen (secondary N) is 1.